The van der Waals surface area contributed by atoms with Gasteiger partial charge < -0.3 is 0 Å². The Morgan fingerprint density at radius 2 is 1.62 bits per heavy atom. The lowest BCUT2D eigenvalue weighted by atomic mass is 9.84. The number of nitrogens with one attached hydrogen (secondary N) is 1. The zero-order chi connectivity index (χ0) is 21.8. The number of rotatable bonds is 6. The van der Waals surface area contributed by atoms with Crippen molar-refractivity contribution < 1.29 is 9.59 Å². The summed E-state index contributed by atoms with van der Waals surface area (Å²) in [6.45, 7) is 12.3. The lowest BCUT2D eigenvalue weighted by Gasteiger charge is -2.36. The number of halogens is 1. The number of hydrazine groups is 1. The van der Waals surface area contributed by atoms with Gasteiger partial charge in [-0.3, -0.25) is 9.59 Å². The quantitative estimate of drug-likeness (QED) is 0.422. The van der Waals surface area contributed by atoms with Crippen LogP contribution in [0.5, 0.6) is 0 Å². The van der Waals surface area contributed by atoms with Crippen LogP contribution in [0, 0.1) is 19.3 Å². The normalized spacial score (nSPS) is 12.5. The van der Waals surface area contributed by atoms with Crippen LogP contribution in [0.4, 0.5) is 0 Å². The number of hydrogen-bond acceptors (Lipinski definition) is 3. The lowest BCUT2D eigenvalue weighted by Crippen LogP contribution is -2.55. The fraction of sp³-hybridized carbons (Fsp3) is 0.417. The summed E-state index contributed by atoms with van der Waals surface area (Å²) in [6, 6.07) is 12.8. The molecule has 1 N–H and O–H groups in total. The first-order chi connectivity index (χ1) is 13.5. The molecule has 0 aromatic heterocycles. The van der Waals surface area contributed by atoms with Gasteiger partial charge in [0.1, 0.15) is 0 Å². The molecule has 2 rings (SSSR count). The van der Waals surface area contributed by atoms with Gasteiger partial charge in [-0.25, -0.2) is 10.4 Å². The van der Waals surface area contributed by atoms with Gasteiger partial charge in [-0.1, -0.05) is 63.4 Å². The number of carbonyl (C=O) groups excluding carboxylic acids is 2. The summed E-state index contributed by atoms with van der Waals surface area (Å²) in [5.41, 5.74) is 6.07. The highest BCUT2D eigenvalue weighted by molar-refractivity contribution is 9.10. The number of aryl methyl sites for hydroxylation is 2. The van der Waals surface area contributed by atoms with E-state index in [0.29, 0.717) is 15.6 Å². The number of benzene rings is 2. The average molecular weight is 459 g/mol. The SMILES string of the molecule is CCC[C@@H](NN(C(=O)c1cc(C)cc(C)c1)C(=O)c1ccccc1Br)C(C)(C)C. The molecule has 0 saturated carbocycles. The van der Waals surface area contributed by atoms with Gasteiger partial charge in [-0.2, -0.15) is 0 Å². The van der Waals surface area contributed by atoms with Crippen LogP contribution < -0.4 is 5.43 Å². The van der Waals surface area contributed by atoms with Gasteiger partial charge in [-0.15, -0.1) is 0 Å². The minimum atomic E-state index is -0.369. The van der Waals surface area contributed by atoms with E-state index in [1.807, 2.05) is 38.1 Å². The first-order valence-electron chi connectivity index (χ1n) is 10.0. The zero-order valence-electron chi connectivity index (χ0n) is 18.2. The molecule has 156 valence electrons. The molecular formula is C24H31BrN2O2. The molecule has 0 radical (unpaired) electrons. The Morgan fingerprint density at radius 3 is 2.14 bits per heavy atom. The Balaban J connectivity index is 2.50. The molecule has 0 saturated heterocycles. The van der Waals surface area contributed by atoms with E-state index in [0.717, 1.165) is 24.0 Å². The maximum Gasteiger partial charge on any atom is 0.276 e. The third-order valence-corrected chi connectivity index (χ3v) is 5.58. The molecule has 2 aromatic carbocycles. The van der Waals surface area contributed by atoms with Crippen molar-refractivity contribution in [1.29, 1.82) is 0 Å². The number of imide groups is 1. The first kappa shape index (κ1) is 23.3. The van der Waals surface area contributed by atoms with Crippen molar-refractivity contribution in [2.75, 3.05) is 0 Å². The molecule has 0 aliphatic heterocycles. The van der Waals surface area contributed by atoms with E-state index in [1.54, 1.807) is 18.2 Å². The molecule has 4 nitrogen and oxygen atoms in total. The molecule has 5 heteroatoms. The molecule has 0 unspecified atom stereocenters. The fourth-order valence-corrected chi connectivity index (χ4v) is 3.78. The predicted octanol–water partition coefficient (Wildman–Crippen LogP) is 6.07. The number of amides is 2. The molecule has 2 aromatic rings. The van der Waals surface area contributed by atoms with Crippen LogP contribution in [0.1, 0.15) is 72.4 Å². The maximum absolute atomic E-state index is 13.5. The molecule has 0 aliphatic rings. The van der Waals surface area contributed by atoms with E-state index in [4.69, 9.17) is 0 Å². The van der Waals surface area contributed by atoms with E-state index in [2.05, 4.69) is 49.1 Å². The minimum absolute atomic E-state index is 0.0335. The molecule has 0 heterocycles. The largest absolute Gasteiger partial charge is 0.276 e. The van der Waals surface area contributed by atoms with Crippen LogP contribution >= 0.6 is 15.9 Å². The molecule has 0 spiro atoms. The Hall–Kier alpha value is -1.98. The first-order valence-corrected chi connectivity index (χ1v) is 10.8. The van der Waals surface area contributed by atoms with Crippen molar-refractivity contribution in [2.45, 2.75) is 60.4 Å². The van der Waals surface area contributed by atoms with E-state index in [-0.39, 0.29) is 23.3 Å². The van der Waals surface area contributed by atoms with Gasteiger partial charge in [0.25, 0.3) is 11.8 Å². The van der Waals surface area contributed by atoms with Gasteiger partial charge in [0.15, 0.2) is 0 Å². The van der Waals surface area contributed by atoms with Crippen molar-refractivity contribution in [3.05, 3.63) is 69.2 Å². The number of hydrogen-bond donors (Lipinski definition) is 1. The molecule has 1 atom stereocenters. The summed E-state index contributed by atoms with van der Waals surface area (Å²) in [5.74, 6) is -0.713. The van der Waals surface area contributed by atoms with Gasteiger partial charge in [0.2, 0.25) is 0 Å². The Labute approximate surface area is 182 Å². The van der Waals surface area contributed by atoms with Gasteiger partial charge >= 0.3 is 0 Å². The Kier molecular flexibility index (Phi) is 7.78. The average Bonchev–Trinajstić information content (AvgIpc) is 2.62. The number of carbonyl (C=O) groups is 2. The van der Waals surface area contributed by atoms with Crippen molar-refractivity contribution in [3.8, 4) is 0 Å². The maximum atomic E-state index is 13.5. The second kappa shape index (κ2) is 9.68. The van der Waals surface area contributed by atoms with Crippen LogP contribution in [-0.2, 0) is 0 Å². The smallest absolute Gasteiger partial charge is 0.267 e. The highest BCUT2D eigenvalue weighted by atomic mass is 79.9. The van der Waals surface area contributed by atoms with Crippen molar-refractivity contribution in [3.63, 3.8) is 0 Å². The van der Waals surface area contributed by atoms with Crippen LogP contribution in [-0.4, -0.2) is 22.9 Å². The van der Waals surface area contributed by atoms with Crippen LogP contribution in [0.3, 0.4) is 0 Å². The lowest BCUT2D eigenvalue weighted by molar-refractivity contribution is 0.0424. The van der Waals surface area contributed by atoms with Gasteiger partial charge in [-0.05, 0) is 65.9 Å². The van der Waals surface area contributed by atoms with Gasteiger partial charge in [0.05, 0.1) is 5.56 Å². The molecule has 0 bridgehead atoms. The monoisotopic (exact) mass is 458 g/mol. The highest BCUT2D eigenvalue weighted by Crippen LogP contribution is 2.25. The molecule has 0 fully saturated rings. The van der Waals surface area contributed by atoms with E-state index in [1.165, 1.54) is 5.01 Å². The van der Waals surface area contributed by atoms with Crippen LogP contribution in [0.2, 0.25) is 0 Å². The second-order valence-corrected chi connectivity index (χ2v) is 9.49. The fourth-order valence-electron chi connectivity index (χ4n) is 3.33. The van der Waals surface area contributed by atoms with Crippen molar-refractivity contribution in [1.82, 2.24) is 10.4 Å². The van der Waals surface area contributed by atoms with Crippen molar-refractivity contribution >= 4 is 27.7 Å². The van der Waals surface area contributed by atoms with Crippen LogP contribution in [0.15, 0.2) is 46.9 Å². The summed E-state index contributed by atoms with van der Waals surface area (Å²) >= 11 is 3.44. The summed E-state index contributed by atoms with van der Waals surface area (Å²) in [5, 5.41) is 1.19. The molecule has 2 amide bonds. The highest BCUT2D eigenvalue weighted by Gasteiger charge is 2.32. The van der Waals surface area contributed by atoms with Crippen molar-refractivity contribution in [2.24, 2.45) is 5.41 Å². The third-order valence-electron chi connectivity index (χ3n) is 4.89. The standard InChI is InChI=1S/C24H31BrN2O2/c1-7-10-21(24(4,5)6)26-27(23(29)19-11-8-9-12-20(19)25)22(28)18-14-16(2)13-17(3)15-18/h8-9,11-15,21,26H,7,10H2,1-6H3/t21-/m1/s1. The Bertz CT molecular complexity index is 866. The van der Waals surface area contributed by atoms with E-state index < -0.39 is 0 Å². The summed E-state index contributed by atoms with van der Waals surface area (Å²) in [7, 11) is 0. The topological polar surface area (TPSA) is 49.4 Å². The zero-order valence-corrected chi connectivity index (χ0v) is 19.8. The van der Waals surface area contributed by atoms with Gasteiger partial charge in [0, 0.05) is 16.1 Å². The minimum Gasteiger partial charge on any atom is -0.267 e. The predicted molar refractivity (Wildman–Crippen MR) is 122 cm³/mol. The van der Waals surface area contributed by atoms with E-state index >= 15 is 0 Å². The summed E-state index contributed by atoms with van der Waals surface area (Å²) in [6.07, 6.45) is 1.80. The molecule has 29 heavy (non-hydrogen) atoms. The van der Waals surface area contributed by atoms with Crippen LogP contribution in [0.25, 0.3) is 0 Å². The molecular weight excluding hydrogens is 428 g/mol. The summed E-state index contributed by atoms with van der Waals surface area (Å²) < 4.78 is 0.660. The van der Waals surface area contributed by atoms with E-state index in [9.17, 15) is 9.59 Å². The Morgan fingerprint density at radius 1 is 1.03 bits per heavy atom. The molecule has 0 aliphatic carbocycles. The second-order valence-electron chi connectivity index (χ2n) is 8.64. The third kappa shape index (κ3) is 6.00. The number of nitrogens with zero attached hydrogens (tertiary/aromatic N) is 1. The summed E-state index contributed by atoms with van der Waals surface area (Å²) in [4.78, 5) is 26.9.